The largest absolute Gasteiger partial charge is 0.481 e. The summed E-state index contributed by atoms with van der Waals surface area (Å²) in [6.45, 7) is 2.57. The van der Waals surface area contributed by atoms with E-state index in [0.29, 0.717) is 6.54 Å². The van der Waals surface area contributed by atoms with E-state index in [1.807, 2.05) is 19.1 Å². The molecule has 1 aromatic rings. The summed E-state index contributed by atoms with van der Waals surface area (Å²) in [4.78, 5) is 26.8. The van der Waals surface area contributed by atoms with Crippen LogP contribution in [0.5, 0.6) is 0 Å². The monoisotopic (exact) mass is 279 g/mol. The zero-order chi connectivity index (χ0) is 14.5. The first kappa shape index (κ1) is 14.3. The van der Waals surface area contributed by atoms with E-state index in [1.54, 1.807) is 6.20 Å². The van der Waals surface area contributed by atoms with Crippen molar-refractivity contribution in [1.82, 2.24) is 15.6 Å². The fourth-order valence-corrected chi connectivity index (χ4v) is 1.94. The Kier molecular flexibility index (Phi) is 4.52. The average molecular weight is 279 g/mol. The lowest BCUT2D eigenvalue weighted by atomic mass is 10.0. The van der Waals surface area contributed by atoms with Gasteiger partial charge in [0, 0.05) is 18.4 Å². The standard InChI is InChI=1S/C13H17N3O4/c1-8-2-3-9(4-14-8)5-15-13(19)16-11-7-20-6-10(11)12(17)18/h2-4,10-11H,5-7H2,1H3,(H,17,18)(H2,15,16,19). The van der Waals surface area contributed by atoms with Gasteiger partial charge < -0.3 is 20.5 Å². The predicted molar refractivity (Wildman–Crippen MR) is 70.1 cm³/mol. The summed E-state index contributed by atoms with van der Waals surface area (Å²) in [5, 5.41) is 14.3. The van der Waals surface area contributed by atoms with E-state index in [2.05, 4.69) is 15.6 Å². The third kappa shape index (κ3) is 3.67. The fraction of sp³-hybridized carbons (Fsp3) is 0.462. The summed E-state index contributed by atoms with van der Waals surface area (Å²) in [7, 11) is 0. The molecule has 20 heavy (non-hydrogen) atoms. The van der Waals surface area contributed by atoms with Crippen molar-refractivity contribution in [3.05, 3.63) is 29.6 Å². The first-order valence-electron chi connectivity index (χ1n) is 6.32. The van der Waals surface area contributed by atoms with Gasteiger partial charge in [-0.05, 0) is 18.6 Å². The second-order valence-corrected chi connectivity index (χ2v) is 4.72. The van der Waals surface area contributed by atoms with Crippen molar-refractivity contribution in [2.75, 3.05) is 13.2 Å². The normalized spacial score (nSPS) is 21.4. The Morgan fingerprint density at radius 2 is 2.25 bits per heavy atom. The van der Waals surface area contributed by atoms with Gasteiger partial charge in [-0.15, -0.1) is 0 Å². The number of aryl methyl sites for hydroxylation is 1. The molecule has 1 saturated heterocycles. The number of hydrogen-bond donors (Lipinski definition) is 3. The van der Waals surface area contributed by atoms with Gasteiger partial charge >= 0.3 is 12.0 Å². The third-order valence-corrected chi connectivity index (χ3v) is 3.14. The van der Waals surface area contributed by atoms with Crippen molar-refractivity contribution in [1.29, 1.82) is 0 Å². The van der Waals surface area contributed by atoms with Crippen LogP contribution in [0.2, 0.25) is 0 Å². The first-order chi connectivity index (χ1) is 9.56. The highest BCUT2D eigenvalue weighted by molar-refractivity contribution is 5.77. The maximum absolute atomic E-state index is 11.7. The number of urea groups is 1. The van der Waals surface area contributed by atoms with Crippen molar-refractivity contribution in [2.24, 2.45) is 5.92 Å². The minimum Gasteiger partial charge on any atom is -0.481 e. The summed E-state index contributed by atoms with van der Waals surface area (Å²) in [5.74, 6) is -1.66. The van der Waals surface area contributed by atoms with Gasteiger partial charge in [-0.3, -0.25) is 9.78 Å². The van der Waals surface area contributed by atoms with Gasteiger partial charge in [0.15, 0.2) is 0 Å². The molecular weight excluding hydrogens is 262 g/mol. The van der Waals surface area contributed by atoms with E-state index in [0.717, 1.165) is 11.3 Å². The number of ether oxygens (including phenoxy) is 1. The van der Waals surface area contributed by atoms with Crippen molar-refractivity contribution in [3.63, 3.8) is 0 Å². The quantitative estimate of drug-likeness (QED) is 0.735. The highest BCUT2D eigenvalue weighted by Gasteiger charge is 2.34. The Hall–Kier alpha value is -2.15. The average Bonchev–Trinajstić information content (AvgIpc) is 2.86. The molecule has 108 valence electrons. The van der Waals surface area contributed by atoms with Gasteiger partial charge in [0.2, 0.25) is 0 Å². The second kappa shape index (κ2) is 6.33. The van der Waals surface area contributed by atoms with Crippen LogP contribution in [0, 0.1) is 12.8 Å². The molecule has 2 rings (SSSR count). The van der Waals surface area contributed by atoms with Crippen LogP contribution in [0.15, 0.2) is 18.3 Å². The van der Waals surface area contributed by atoms with Crippen LogP contribution < -0.4 is 10.6 Å². The Balaban J connectivity index is 1.80. The lowest BCUT2D eigenvalue weighted by molar-refractivity contribution is -0.142. The Morgan fingerprint density at radius 3 is 2.90 bits per heavy atom. The summed E-state index contributed by atoms with van der Waals surface area (Å²) in [5.41, 5.74) is 1.79. The van der Waals surface area contributed by atoms with E-state index in [9.17, 15) is 9.59 Å². The Bertz CT molecular complexity index is 489. The number of carbonyl (C=O) groups excluding carboxylic acids is 1. The molecule has 7 heteroatoms. The van der Waals surface area contributed by atoms with Gasteiger partial charge in [-0.2, -0.15) is 0 Å². The molecule has 1 aliphatic heterocycles. The Labute approximate surface area is 116 Å². The molecule has 1 fully saturated rings. The van der Waals surface area contributed by atoms with E-state index in [-0.39, 0.29) is 13.2 Å². The highest BCUT2D eigenvalue weighted by atomic mass is 16.5. The number of carbonyl (C=O) groups is 2. The van der Waals surface area contributed by atoms with Crippen LogP contribution >= 0.6 is 0 Å². The highest BCUT2D eigenvalue weighted by Crippen LogP contribution is 2.13. The van der Waals surface area contributed by atoms with Gasteiger partial charge in [0.05, 0.1) is 19.3 Å². The molecule has 2 atom stereocenters. The molecule has 0 radical (unpaired) electrons. The first-order valence-corrected chi connectivity index (χ1v) is 6.32. The molecule has 0 bridgehead atoms. The van der Waals surface area contributed by atoms with Crippen LogP contribution in [-0.2, 0) is 16.1 Å². The predicted octanol–water partition coefficient (Wildman–Crippen LogP) is 0.289. The van der Waals surface area contributed by atoms with Crippen LogP contribution in [0.4, 0.5) is 4.79 Å². The summed E-state index contributed by atoms with van der Waals surface area (Å²) in [6.07, 6.45) is 1.69. The topological polar surface area (TPSA) is 101 Å². The molecule has 2 amide bonds. The van der Waals surface area contributed by atoms with Crippen LogP contribution in [0.3, 0.4) is 0 Å². The van der Waals surface area contributed by atoms with Crippen molar-refractivity contribution >= 4 is 12.0 Å². The molecule has 0 aliphatic carbocycles. The van der Waals surface area contributed by atoms with Gasteiger partial charge in [0.1, 0.15) is 5.92 Å². The summed E-state index contributed by atoms with van der Waals surface area (Å²) < 4.78 is 5.07. The van der Waals surface area contributed by atoms with Crippen molar-refractivity contribution in [2.45, 2.75) is 19.5 Å². The number of carboxylic acid groups (broad SMARTS) is 1. The van der Waals surface area contributed by atoms with Gasteiger partial charge in [-0.25, -0.2) is 4.79 Å². The molecule has 2 unspecified atom stereocenters. The molecule has 2 heterocycles. The lowest BCUT2D eigenvalue weighted by Crippen LogP contribution is -2.47. The number of hydrogen-bond acceptors (Lipinski definition) is 4. The third-order valence-electron chi connectivity index (χ3n) is 3.14. The van der Waals surface area contributed by atoms with E-state index in [4.69, 9.17) is 9.84 Å². The molecule has 3 N–H and O–H groups in total. The molecular formula is C13H17N3O4. The fourth-order valence-electron chi connectivity index (χ4n) is 1.94. The van der Waals surface area contributed by atoms with Crippen LogP contribution in [0.25, 0.3) is 0 Å². The number of carboxylic acids is 1. The molecule has 0 spiro atoms. The summed E-state index contributed by atoms with van der Waals surface area (Å²) in [6, 6.07) is 2.83. The van der Waals surface area contributed by atoms with E-state index in [1.165, 1.54) is 0 Å². The minimum absolute atomic E-state index is 0.127. The van der Waals surface area contributed by atoms with Crippen molar-refractivity contribution in [3.8, 4) is 0 Å². The molecule has 0 aromatic carbocycles. The molecule has 7 nitrogen and oxygen atoms in total. The maximum Gasteiger partial charge on any atom is 0.315 e. The number of aromatic nitrogens is 1. The molecule has 1 aromatic heterocycles. The zero-order valence-corrected chi connectivity index (χ0v) is 11.1. The number of nitrogens with one attached hydrogen (secondary N) is 2. The maximum atomic E-state index is 11.7. The van der Waals surface area contributed by atoms with Gasteiger partial charge in [-0.1, -0.05) is 6.07 Å². The number of pyridine rings is 1. The van der Waals surface area contributed by atoms with Crippen LogP contribution in [-0.4, -0.2) is 41.3 Å². The lowest BCUT2D eigenvalue weighted by Gasteiger charge is -2.16. The number of amides is 2. The number of nitrogens with zero attached hydrogens (tertiary/aromatic N) is 1. The van der Waals surface area contributed by atoms with Gasteiger partial charge in [0.25, 0.3) is 0 Å². The van der Waals surface area contributed by atoms with Crippen molar-refractivity contribution < 1.29 is 19.4 Å². The summed E-state index contributed by atoms with van der Waals surface area (Å²) >= 11 is 0. The smallest absolute Gasteiger partial charge is 0.315 e. The molecule has 1 aliphatic rings. The number of aliphatic carboxylic acids is 1. The zero-order valence-electron chi connectivity index (χ0n) is 11.1. The minimum atomic E-state index is -0.962. The van der Waals surface area contributed by atoms with E-state index < -0.39 is 24.0 Å². The Morgan fingerprint density at radius 1 is 1.45 bits per heavy atom. The van der Waals surface area contributed by atoms with Crippen LogP contribution in [0.1, 0.15) is 11.3 Å². The number of rotatable bonds is 4. The SMILES string of the molecule is Cc1ccc(CNC(=O)NC2COCC2C(=O)O)cn1. The molecule has 0 saturated carbocycles. The second-order valence-electron chi connectivity index (χ2n) is 4.72. The van der Waals surface area contributed by atoms with E-state index >= 15 is 0 Å².